The van der Waals surface area contributed by atoms with Crippen LogP contribution in [0.25, 0.3) is 0 Å². The Balaban J connectivity index is 0.000000192. The largest absolute Gasteiger partial charge is 0.493 e. The average Bonchev–Trinajstić information content (AvgIpc) is 3.23. The summed E-state index contributed by atoms with van der Waals surface area (Å²) in [5, 5.41) is 12.8. The van der Waals surface area contributed by atoms with Gasteiger partial charge in [0.15, 0.2) is 0 Å². The lowest BCUT2D eigenvalue weighted by molar-refractivity contribution is -0.138. The van der Waals surface area contributed by atoms with Crippen molar-refractivity contribution in [2.24, 2.45) is 11.8 Å². The van der Waals surface area contributed by atoms with Crippen LogP contribution in [0, 0.1) is 11.8 Å². The van der Waals surface area contributed by atoms with Crippen LogP contribution >= 0.6 is 23.2 Å². The SMILES string of the molecule is CC1C(COc2ccc(C(F)(F)F)cc2)CCCN1CC(O)C1(c2ccc(Cl)cc2)CCC1.CC1C(COc2ccc(C(F)(F)F)cc2)CCCN1CC1(c2ccc(Cl)cc2)CCC1. The molecule has 13 heteroatoms. The van der Waals surface area contributed by atoms with Gasteiger partial charge in [-0.3, -0.25) is 9.80 Å². The molecule has 0 aromatic heterocycles. The lowest BCUT2D eigenvalue weighted by Crippen LogP contribution is -2.55. The molecule has 1 N–H and O–H groups in total. The van der Waals surface area contributed by atoms with E-state index in [1.165, 1.54) is 49.1 Å². The zero-order chi connectivity index (χ0) is 45.7. The number of alkyl halides is 6. The van der Waals surface area contributed by atoms with Gasteiger partial charge in [0, 0.05) is 57.9 Å². The van der Waals surface area contributed by atoms with Crippen molar-refractivity contribution in [3.8, 4) is 11.5 Å². The van der Waals surface area contributed by atoms with E-state index in [1.807, 2.05) is 36.4 Å². The van der Waals surface area contributed by atoms with Gasteiger partial charge in [-0.05, 0) is 162 Å². The molecule has 2 heterocycles. The van der Waals surface area contributed by atoms with Crippen molar-refractivity contribution >= 4 is 23.2 Å². The molecule has 5 atom stereocenters. The predicted molar refractivity (Wildman–Crippen MR) is 241 cm³/mol. The van der Waals surface area contributed by atoms with Crippen LogP contribution in [0.3, 0.4) is 0 Å². The molecule has 64 heavy (non-hydrogen) atoms. The number of β-amino-alcohol motifs (C(OH)–C–C–N with tert-alkyl or cyclic N) is 1. The van der Waals surface area contributed by atoms with Gasteiger partial charge in [-0.2, -0.15) is 26.3 Å². The summed E-state index contributed by atoms with van der Waals surface area (Å²) >= 11 is 12.2. The van der Waals surface area contributed by atoms with Crippen LogP contribution in [0.1, 0.15) is 100 Å². The van der Waals surface area contributed by atoms with Gasteiger partial charge in [-0.15, -0.1) is 0 Å². The molecule has 0 spiro atoms. The highest BCUT2D eigenvalue weighted by Crippen LogP contribution is 2.48. The molecule has 8 rings (SSSR count). The molecular weight excluding hydrogens is 873 g/mol. The Kier molecular flexibility index (Phi) is 15.6. The van der Waals surface area contributed by atoms with Crippen molar-refractivity contribution in [1.82, 2.24) is 9.80 Å². The fourth-order valence-electron chi connectivity index (χ4n) is 10.3. The zero-order valence-corrected chi connectivity index (χ0v) is 38.1. The Morgan fingerprint density at radius 1 is 0.594 bits per heavy atom. The normalized spacial score (nSPS) is 24.0. The lowest BCUT2D eigenvalue weighted by Gasteiger charge is -2.49. The highest BCUT2D eigenvalue weighted by atomic mass is 35.5. The fourth-order valence-corrected chi connectivity index (χ4v) is 10.5. The third kappa shape index (κ3) is 11.5. The molecule has 2 aliphatic carbocycles. The second kappa shape index (κ2) is 20.6. The molecule has 2 saturated heterocycles. The van der Waals surface area contributed by atoms with E-state index in [2.05, 4.69) is 35.8 Å². The maximum absolute atomic E-state index is 12.8. The van der Waals surface area contributed by atoms with Gasteiger partial charge in [0.25, 0.3) is 0 Å². The van der Waals surface area contributed by atoms with Crippen molar-refractivity contribution < 1.29 is 40.9 Å². The predicted octanol–water partition coefficient (Wildman–Crippen LogP) is 13.3. The molecule has 0 amide bonds. The Labute approximate surface area is 384 Å². The molecule has 5 nitrogen and oxygen atoms in total. The van der Waals surface area contributed by atoms with E-state index in [0.717, 1.165) is 99.4 Å². The minimum absolute atomic E-state index is 0.203. The summed E-state index contributed by atoms with van der Waals surface area (Å²) in [6, 6.07) is 26.6. The molecule has 0 bridgehead atoms. The summed E-state index contributed by atoms with van der Waals surface area (Å²) in [5.41, 5.74) is 1.19. The second-order valence-electron chi connectivity index (χ2n) is 18.6. The third-order valence-corrected chi connectivity index (χ3v) is 15.3. The first-order valence-corrected chi connectivity index (χ1v) is 23.5. The van der Waals surface area contributed by atoms with Crippen LogP contribution in [-0.4, -0.2) is 72.5 Å². The van der Waals surface area contributed by atoms with Crippen LogP contribution in [0.15, 0.2) is 97.1 Å². The van der Waals surface area contributed by atoms with Crippen LogP contribution < -0.4 is 9.47 Å². The van der Waals surface area contributed by atoms with E-state index in [-0.39, 0.29) is 22.8 Å². The van der Waals surface area contributed by atoms with E-state index in [0.29, 0.717) is 48.2 Å². The molecule has 4 fully saturated rings. The van der Waals surface area contributed by atoms with Crippen molar-refractivity contribution in [3.63, 3.8) is 0 Å². The summed E-state index contributed by atoms with van der Waals surface area (Å²) in [5.74, 6) is 1.55. The van der Waals surface area contributed by atoms with E-state index in [9.17, 15) is 31.4 Å². The first-order valence-electron chi connectivity index (χ1n) is 22.7. The number of nitrogens with zero attached hydrogens (tertiary/aromatic N) is 2. The molecule has 0 radical (unpaired) electrons. The highest BCUT2D eigenvalue weighted by Gasteiger charge is 2.46. The van der Waals surface area contributed by atoms with Crippen LogP contribution in [0.2, 0.25) is 10.0 Å². The number of hydrogen-bond acceptors (Lipinski definition) is 5. The molecule has 4 aliphatic rings. The van der Waals surface area contributed by atoms with Gasteiger partial charge in [-0.1, -0.05) is 60.3 Å². The number of aliphatic hydroxyl groups excluding tert-OH is 1. The molecular formula is C51H60Cl2F6N2O3. The minimum atomic E-state index is -4.35. The van der Waals surface area contributed by atoms with E-state index < -0.39 is 29.6 Å². The van der Waals surface area contributed by atoms with Crippen molar-refractivity contribution in [2.75, 3.05) is 39.4 Å². The number of ether oxygens (including phenoxy) is 2. The number of hydrogen-bond donors (Lipinski definition) is 1. The quantitative estimate of drug-likeness (QED) is 0.135. The summed E-state index contributed by atoms with van der Waals surface area (Å²) in [6.45, 7) is 9.02. The lowest BCUT2D eigenvalue weighted by atomic mass is 9.61. The molecule has 4 aromatic rings. The first-order chi connectivity index (χ1) is 30.5. The van der Waals surface area contributed by atoms with Crippen molar-refractivity contribution in [3.05, 3.63) is 129 Å². The number of benzene rings is 4. The monoisotopic (exact) mass is 932 g/mol. The molecule has 348 valence electrons. The van der Waals surface area contributed by atoms with E-state index in [1.54, 1.807) is 0 Å². The van der Waals surface area contributed by atoms with Crippen LogP contribution in [0.4, 0.5) is 26.3 Å². The van der Waals surface area contributed by atoms with Gasteiger partial charge in [0.2, 0.25) is 0 Å². The van der Waals surface area contributed by atoms with E-state index >= 15 is 0 Å². The van der Waals surface area contributed by atoms with Crippen molar-refractivity contribution in [2.45, 2.75) is 119 Å². The number of rotatable bonds is 13. The number of piperidine rings is 2. The van der Waals surface area contributed by atoms with Gasteiger partial charge >= 0.3 is 12.4 Å². The van der Waals surface area contributed by atoms with Gasteiger partial charge in [0.1, 0.15) is 11.5 Å². The third-order valence-electron chi connectivity index (χ3n) is 14.8. The van der Waals surface area contributed by atoms with E-state index in [4.69, 9.17) is 32.7 Å². The zero-order valence-electron chi connectivity index (χ0n) is 36.6. The first kappa shape index (κ1) is 48.5. The maximum Gasteiger partial charge on any atom is 0.416 e. The number of halogens is 8. The summed E-state index contributed by atoms with van der Waals surface area (Å²) in [4.78, 5) is 4.92. The van der Waals surface area contributed by atoms with Crippen LogP contribution in [0.5, 0.6) is 11.5 Å². The second-order valence-corrected chi connectivity index (χ2v) is 19.5. The Bertz CT molecular complexity index is 2070. The molecule has 5 unspecified atom stereocenters. The van der Waals surface area contributed by atoms with Crippen LogP contribution in [-0.2, 0) is 23.2 Å². The Hall–Kier alpha value is -3.48. The topological polar surface area (TPSA) is 45.2 Å². The van der Waals surface area contributed by atoms with Gasteiger partial charge in [-0.25, -0.2) is 0 Å². The standard InChI is InChI=1S/C26H31ClF3NO2.C25H29ClF3NO/c1-18-19(17-33-23-11-7-21(8-12-23)26(28,29)30)4-2-15-31(18)16-24(32)25(13-3-14-25)20-5-9-22(27)10-6-20;1-18-19(16-31-23-11-7-21(8-12-23)25(27,28)29)4-2-15-30(18)17-24(13-3-14-24)20-5-9-22(26)10-6-20/h5-12,18-19,24,32H,2-4,13-17H2,1H3;5-12,18-19H,2-4,13-17H2,1H3. The summed E-state index contributed by atoms with van der Waals surface area (Å²) in [7, 11) is 0. The number of aliphatic hydroxyl groups is 1. The fraction of sp³-hybridized carbons (Fsp3) is 0.529. The summed E-state index contributed by atoms with van der Waals surface area (Å²) in [6.07, 6.45) is 1.76. The Morgan fingerprint density at radius 2 is 1.02 bits per heavy atom. The molecule has 2 aliphatic heterocycles. The van der Waals surface area contributed by atoms with Crippen molar-refractivity contribution in [1.29, 1.82) is 0 Å². The highest BCUT2D eigenvalue weighted by molar-refractivity contribution is 6.30. The molecule has 4 aromatic carbocycles. The molecule has 2 saturated carbocycles. The minimum Gasteiger partial charge on any atom is -0.493 e. The van der Waals surface area contributed by atoms with Gasteiger partial charge < -0.3 is 14.6 Å². The summed E-state index contributed by atoms with van der Waals surface area (Å²) < 4.78 is 88.3. The Morgan fingerprint density at radius 3 is 1.42 bits per heavy atom. The van der Waals surface area contributed by atoms with Gasteiger partial charge in [0.05, 0.1) is 30.4 Å². The maximum atomic E-state index is 12.8. The smallest absolute Gasteiger partial charge is 0.416 e. The average molecular weight is 934 g/mol. The number of likely N-dealkylation sites (tertiary alicyclic amines) is 2.